The molecule has 0 saturated carbocycles. The number of hydrogen-bond donors (Lipinski definition) is 0. The number of amides is 1. The highest BCUT2D eigenvalue weighted by atomic mass is 35.7. The zero-order chi connectivity index (χ0) is 12.5. The van der Waals surface area contributed by atoms with E-state index in [0.29, 0.717) is 18.7 Å². The SMILES string of the molecule is O=C1CC(S(=O)(=O)Cl)CN1CCc1cnco1. The third-order valence-electron chi connectivity index (χ3n) is 2.69. The van der Waals surface area contributed by atoms with Crippen molar-refractivity contribution in [1.82, 2.24) is 9.88 Å². The second kappa shape index (κ2) is 4.66. The van der Waals surface area contributed by atoms with Gasteiger partial charge in [0.15, 0.2) is 6.39 Å². The Hall–Kier alpha value is -1.08. The van der Waals surface area contributed by atoms with Crippen molar-refractivity contribution >= 4 is 25.6 Å². The molecule has 0 spiro atoms. The predicted octanol–water partition coefficient (Wildman–Crippen LogP) is 0.387. The fourth-order valence-electron chi connectivity index (χ4n) is 1.75. The highest BCUT2D eigenvalue weighted by Gasteiger charge is 2.36. The van der Waals surface area contributed by atoms with Gasteiger partial charge in [-0.2, -0.15) is 0 Å². The molecule has 2 heterocycles. The largest absolute Gasteiger partial charge is 0.448 e. The van der Waals surface area contributed by atoms with Crippen LogP contribution in [0.15, 0.2) is 17.0 Å². The number of halogens is 1. The van der Waals surface area contributed by atoms with Gasteiger partial charge in [-0.1, -0.05) is 0 Å². The van der Waals surface area contributed by atoms with Gasteiger partial charge in [0.1, 0.15) is 11.0 Å². The van der Waals surface area contributed by atoms with Gasteiger partial charge in [-0.3, -0.25) is 4.79 Å². The van der Waals surface area contributed by atoms with Gasteiger partial charge in [0.25, 0.3) is 0 Å². The Morgan fingerprint density at radius 2 is 2.35 bits per heavy atom. The molecule has 1 aliphatic heterocycles. The van der Waals surface area contributed by atoms with Crippen LogP contribution in [0.25, 0.3) is 0 Å². The first-order valence-corrected chi connectivity index (χ1v) is 7.42. The first kappa shape index (κ1) is 12.4. The maximum Gasteiger partial charge on any atom is 0.237 e. The second-order valence-corrected chi connectivity index (χ2v) is 6.77. The van der Waals surface area contributed by atoms with E-state index in [4.69, 9.17) is 15.1 Å². The molecule has 6 nitrogen and oxygen atoms in total. The average Bonchev–Trinajstić information content (AvgIpc) is 2.83. The zero-order valence-electron chi connectivity index (χ0n) is 8.87. The maximum atomic E-state index is 11.5. The minimum absolute atomic E-state index is 0.0394. The molecule has 0 bridgehead atoms. The minimum atomic E-state index is -3.67. The summed E-state index contributed by atoms with van der Waals surface area (Å²) in [6, 6.07) is 0. The van der Waals surface area contributed by atoms with Gasteiger partial charge in [-0.25, -0.2) is 13.4 Å². The monoisotopic (exact) mass is 278 g/mol. The molecule has 0 N–H and O–H groups in total. The first-order chi connectivity index (χ1) is 7.97. The van der Waals surface area contributed by atoms with Crippen LogP contribution in [-0.2, 0) is 20.3 Å². The van der Waals surface area contributed by atoms with Gasteiger partial charge < -0.3 is 9.32 Å². The molecular weight excluding hydrogens is 268 g/mol. The summed E-state index contributed by atoms with van der Waals surface area (Å²) in [5, 5.41) is -0.800. The van der Waals surface area contributed by atoms with Crippen LogP contribution in [-0.4, -0.2) is 42.5 Å². The lowest BCUT2D eigenvalue weighted by Crippen LogP contribution is -2.29. The Bertz CT molecular complexity index is 499. The van der Waals surface area contributed by atoms with Gasteiger partial charge in [-0.15, -0.1) is 0 Å². The number of carbonyl (C=O) groups excluding carboxylic acids is 1. The molecule has 1 atom stereocenters. The molecule has 1 amide bonds. The summed E-state index contributed by atoms with van der Waals surface area (Å²) in [6.45, 7) is 0.565. The van der Waals surface area contributed by atoms with E-state index >= 15 is 0 Å². The molecule has 1 fully saturated rings. The van der Waals surface area contributed by atoms with Crippen molar-refractivity contribution in [3.63, 3.8) is 0 Å². The lowest BCUT2D eigenvalue weighted by Gasteiger charge is -2.14. The number of rotatable bonds is 4. The van der Waals surface area contributed by atoms with E-state index in [2.05, 4.69) is 4.98 Å². The number of nitrogens with zero attached hydrogens (tertiary/aromatic N) is 2. The summed E-state index contributed by atoms with van der Waals surface area (Å²) in [5.74, 6) is 0.466. The third kappa shape index (κ3) is 2.98. The number of carbonyl (C=O) groups is 1. The van der Waals surface area contributed by atoms with Crippen molar-refractivity contribution in [1.29, 1.82) is 0 Å². The van der Waals surface area contributed by atoms with Gasteiger partial charge in [0, 0.05) is 36.6 Å². The van der Waals surface area contributed by atoms with Gasteiger partial charge in [0.2, 0.25) is 15.0 Å². The van der Waals surface area contributed by atoms with Crippen LogP contribution < -0.4 is 0 Å². The molecule has 94 valence electrons. The first-order valence-electron chi connectivity index (χ1n) is 5.05. The quantitative estimate of drug-likeness (QED) is 0.744. The van der Waals surface area contributed by atoms with Crippen molar-refractivity contribution in [2.75, 3.05) is 13.1 Å². The molecule has 0 aliphatic carbocycles. The molecule has 17 heavy (non-hydrogen) atoms. The average molecular weight is 279 g/mol. The summed E-state index contributed by atoms with van der Waals surface area (Å²) < 4.78 is 27.3. The summed E-state index contributed by atoms with van der Waals surface area (Å²) in [4.78, 5) is 16.8. The molecule has 1 aromatic rings. The highest BCUT2D eigenvalue weighted by molar-refractivity contribution is 8.14. The Kier molecular flexibility index (Phi) is 3.39. The van der Waals surface area contributed by atoms with E-state index in [1.165, 1.54) is 11.3 Å². The zero-order valence-corrected chi connectivity index (χ0v) is 10.4. The molecule has 0 aromatic carbocycles. The molecule has 0 radical (unpaired) electrons. The van der Waals surface area contributed by atoms with Gasteiger partial charge in [-0.05, 0) is 0 Å². The number of hydrogen-bond acceptors (Lipinski definition) is 5. The van der Waals surface area contributed by atoms with Crippen LogP contribution in [0.3, 0.4) is 0 Å². The van der Waals surface area contributed by atoms with Crippen LogP contribution in [0.2, 0.25) is 0 Å². The lowest BCUT2D eigenvalue weighted by molar-refractivity contribution is -0.127. The smallest absolute Gasteiger partial charge is 0.237 e. The number of likely N-dealkylation sites (tertiary alicyclic amines) is 1. The van der Waals surface area contributed by atoms with E-state index in [9.17, 15) is 13.2 Å². The molecular formula is C9H11ClN2O4S. The number of aromatic nitrogens is 1. The van der Waals surface area contributed by atoms with Gasteiger partial charge >= 0.3 is 0 Å². The highest BCUT2D eigenvalue weighted by Crippen LogP contribution is 2.21. The van der Waals surface area contributed by atoms with E-state index in [0.717, 1.165) is 0 Å². The summed E-state index contributed by atoms with van der Waals surface area (Å²) in [7, 11) is 1.57. The fraction of sp³-hybridized carbons (Fsp3) is 0.556. The molecule has 1 unspecified atom stereocenters. The minimum Gasteiger partial charge on any atom is -0.448 e. The lowest BCUT2D eigenvalue weighted by atomic mass is 10.3. The molecule has 1 aliphatic rings. The second-order valence-electron chi connectivity index (χ2n) is 3.86. The number of oxazole rings is 1. The Morgan fingerprint density at radius 3 is 2.88 bits per heavy atom. The Morgan fingerprint density at radius 1 is 1.59 bits per heavy atom. The predicted molar refractivity (Wildman–Crippen MR) is 60.0 cm³/mol. The molecule has 1 aromatic heterocycles. The van der Waals surface area contributed by atoms with Crippen molar-refractivity contribution in [3.8, 4) is 0 Å². The van der Waals surface area contributed by atoms with Crippen LogP contribution in [0.4, 0.5) is 0 Å². The fourth-order valence-corrected chi connectivity index (χ4v) is 2.81. The van der Waals surface area contributed by atoms with Crippen molar-refractivity contribution in [2.45, 2.75) is 18.1 Å². The van der Waals surface area contributed by atoms with Crippen LogP contribution in [0.1, 0.15) is 12.2 Å². The Labute approximate surface area is 103 Å². The summed E-state index contributed by atoms with van der Waals surface area (Å²) in [6.07, 6.45) is 3.35. The molecule has 1 saturated heterocycles. The Balaban J connectivity index is 1.93. The van der Waals surface area contributed by atoms with Crippen LogP contribution >= 0.6 is 10.7 Å². The van der Waals surface area contributed by atoms with E-state index in [1.54, 1.807) is 6.20 Å². The topological polar surface area (TPSA) is 80.5 Å². The van der Waals surface area contributed by atoms with E-state index in [-0.39, 0.29) is 18.9 Å². The maximum absolute atomic E-state index is 11.5. The standard InChI is InChI=1S/C9H11ClN2O4S/c10-17(14,15)8-3-9(13)12(5-8)2-1-7-4-11-6-16-7/h4,6,8H,1-3,5H2. The molecule has 2 rings (SSSR count). The summed E-state index contributed by atoms with van der Waals surface area (Å²) >= 11 is 0. The van der Waals surface area contributed by atoms with Crippen LogP contribution in [0.5, 0.6) is 0 Å². The summed E-state index contributed by atoms with van der Waals surface area (Å²) in [5.41, 5.74) is 0. The van der Waals surface area contributed by atoms with Crippen LogP contribution in [0, 0.1) is 0 Å². The molecule has 8 heteroatoms. The van der Waals surface area contributed by atoms with Crippen molar-refractivity contribution in [2.24, 2.45) is 0 Å². The third-order valence-corrected chi connectivity index (χ3v) is 4.56. The normalized spacial score (nSPS) is 21.1. The van der Waals surface area contributed by atoms with Crippen molar-refractivity contribution < 1.29 is 17.6 Å². The van der Waals surface area contributed by atoms with E-state index < -0.39 is 14.3 Å². The van der Waals surface area contributed by atoms with Gasteiger partial charge in [0.05, 0.1) is 6.20 Å². The van der Waals surface area contributed by atoms with E-state index in [1.807, 2.05) is 0 Å². The van der Waals surface area contributed by atoms with Crippen molar-refractivity contribution in [3.05, 3.63) is 18.4 Å².